The van der Waals surface area contributed by atoms with Crippen molar-refractivity contribution in [2.24, 2.45) is 0 Å². The van der Waals surface area contributed by atoms with E-state index in [4.69, 9.17) is 9.47 Å². The predicted molar refractivity (Wildman–Crippen MR) is 111 cm³/mol. The van der Waals surface area contributed by atoms with Crippen LogP contribution in [0.5, 0.6) is 11.5 Å². The molecule has 0 saturated heterocycles. The second-order valence-electron chi connectivity index (χ2n) is 6.58. The fourth-order valence-electron chi connectivity index (χ4n) is 2.69. The van der Waals surface area contributed by atoms with Gasteiger partial charge in [0.1, 0.15) is 23.9 Å². The minimum Gasteiger partial charge on any atom is -0.494 e. The highest BCUT2D eigenvalue weighted by atomic mass is 19.1. The van der Waals surface area contributed by atoms with Gasteiger partial charge in [-0.05, 0) is 54.4 Å². The van der Waals surface area contributed by atoms with Gasteiger partial charge in [-0.25, -0.2) is 4.39 Å². The molecule has 1 N–H and O–H groups in total. The van der Waals surface area contributed by atoms with Crippen molar-refractivity contribution in [3.05, 3.63) is 95.3 Å². The fraction of sp³-hybridized carbons (Fsp3) is 0.208. The summed E-state index contributed by atoms with van der Waals surface area (Å²) in [6, 6.07) is 21.0. The molecule has 3 rings (SSSR count). The van der Waals surface area contributed by atoms with Gasteiger partial charge < -0.3 is 14.8 Å². The van der Waals surface area contributed by atoms with E-state index < -0.39 is 0 Å². The average Bonchev–Trinajstić information content (AvgIpc) is 2.76. The van der Waals surface area contributed by atoms with E-state index >= 15 is 0 Å². The molecule has 0 aliphatic carbocycles. The number of carbonyl (C=O) groups excluding carboxylic acids is 1. The summed E-state index contributed by atoms with van der Waals surface area (Å²) in [6.07, 6.45) is 0.940. The minimum absolute atomic E-state index is 0.146. The van der Waals surface area contributed by atoms with Crippen molar-refractivity contribution in [2.45, 2.75) is 26.5 Å². The maximum absolute atomic E-state index is 13.6. The van der Waals surface area contributed by atoms with Gasteiger partial charge in [0.25, 0.3) is 5.91 Å². The molecular weight excluding hydrogens is 369 g/mol. The van der Waals surface area contributed by atoms with Crippen LogP contribution in [0, 0.1) is 5.82 Å². The molecule has 0 aliphatic heterocycles. The molecular formula is C24H24FNO3. The van der Waals surface area contributed by atoms with Gasteiger partial charge in [-0.15, -0.1) is 0 Å². The van der Waals surface area contributed by atoms with Gasteiger partial charge in [-0.3, -0.25) is 4.79 Å². The molecule has 0 saturated carbocycles. The molecule has 0 atom stereocenters. The maximum atomic E-state index is 13.6. The standard InChI is InChI=1S/C24H24FNO3/c1-2-15-28-21-13-9-19(10-14-21)24(27)26-16-18-7-11-22(12-8-18)29-17-20-5-3-4-6-23(20)25/h3-14H,2,15-17H2,1H3,(H,26,27). The molecule has 5 heteroatoms. The van der Waals surface area contributed by atoms with Crippen LogP contribution in [0.4, 0.5) is 4.39 Å². The summed E-state index contributed by atoms with van der Waals surface area (Å²) in [5, 5.41) is 2.89. The normalized spacial score (nSPS) is 10.4. The maximum Gasteiger partial charge on any atom is 0.251 e. The number of nitrogens with one attached hydrogen (secondary N) is 1. The highest BCUT2D eigenvalue weighted by molar-refractivity contribution is 5.94. The number of rotatable bonds is 9. The summed E-state index contributed by atoms with van der Waals surface area (Å²) < 4.78 is 24.8. The number of carbonyl (C=O) groups is 1. The third-order valence-corrected chi connectivity index (χ3v) is 4.32. The molecule has 0 unspecified atom stereocenters. The monoisotopic (exact) mass is 393 g/mol. The van der Waals surface area contributed by atoms with Crippen molar-refractivity contribution < 1.29 is 18.7 Å². The molecule has 1 amide bonds. The van der Waals surface area contributed by atoms with Gasteiger partial charge in [0, 0.05) is 17.7 Å². The number of ether oxygens (including phenoxy) is 2. The second kappa shape index (κ2) is 10.3. The molecule has 3 aromatic carbocycles. The van der Waals surface area contributed by atoms with Crippen LogP contribution in [-0.4, -0.2) is 12.5 Å². The van der Waals surface area contributed by atoms with E-state index in [2.05, 4.69) is 5.32 Å². The van der Waals surface area contributed by atoms with Crippen LogP contribution in [0.15, 0.2) is 72.8 Å². The fourth-order valence-corrected chi connectivity index (χ4v) is 2.69. The van der Waals surface area contributed by atoms with Crippen LogP contribution in [-0.2, 0) is 13.2 Å². The molecule has 0 spiro atoms. The lowest BCUT2D eigenvalue weighted by Gasteiger charge is -2.09. The Morgan fingerprint density at radius 2 is 1.55 bits per heavy atom. The topological polar surface area (TPSA) is 47.6 Å². The number of hydrogen-bond acceptors (Lipinski definition) is 3. The molecule has 29 heavy (non-hydrogen) atoms. The lowest BCUT2D eigenvalue weighted by atomic mass is 10.2. The Morgan fingerprint density at radius 1 is 0.897 bits per heavy atom. The predicted octanol–water partition coefficient (Wildman–Crippen LogP) is 5.12. The first kappa shape index (κ1) is 20.4. The van der Waals surface area contributed by atoms with Gasteiger partial charge in [0.05, 0.1) is 6.61 Å². The molecule has 0 radical (unpaired) electrons. The highest BCUT2D eigenvalue weighted by Crippen LogP contribution is 2.16. The minimum atomic E-state index is -0.281. The van der Waals surface area contributed by atoms with Crippen molar-refractivity contribution in [3.63, 3.8) is 0 Å². The van der Waals surface area contributed by atoms with Gasteiger partial charge in [0.2, 0.25) is 0 Å². The number of halogens is 1. The van der Waals surface area contributed by atoms with Crippen LogP contribution in [0.25, 0.3) is 0 Å². The van der Waals surface area contributed by atoms with Crippen molar-refractivity contribution >= 4 is 5.91 Å². The Balaban J connectivity index is 1.48. The molecule has 0 bridgehead atoms. The van der Waals surface area contributed by atoms with E-state index in [1.165, 1.54) is 6.07 Å². The molecule has 3 aromatic rings. The zero-order chi connectivity index (χ0) is 20.5. The van der Waals surface area contributed by atoms with Gasteiger partial charge >= 0.3 is 0 Å². The van der Waals surface area contributed by atoms with E-state index in [0.29, 0.717) is 30.0 Å². The third-order valence-electron chi connectivity index (χ3n) is 4.32. The SMILES string of the molecule is CCCOc1ccc(C(=O)NCc2ccc(OCc3ccccc3F)cc2)cc1. The van der Waals surface area contributed by atoms with E-state index in [-0.39, 0.29) is 18.3 Å². The molecule has 0 aliphatic rings. The van der Waals surface area contributed by atoms with Crippen LogP contribution in [0.1, 0.15) is 34.8 Å². The van der Waals surface area contributed by atoms with Crippen LogP contribution >= 0.6 is 0 Å². The van der Waals surface area contributed by atoms with Gasteiger partial charge in [-0.1, -0.05) is 37.3 Å². The Bertz CT molecular complexity index is 924. The lowest BCUT2D eigenvalue weighted by Crippen LogP contribution is -2.22. The van der Waals surface area contributed by atoms with Crippen LogP contribution < -0.4 is 14.8 Å². The molecule has 0 fully saturated rings. The summed E-state index contributed by atoms with van der Waals surface area (Å²) in [5.74, 6) is 0.976. The summed E-state index contributed by atoms with van der Waals surface area (Å²) in [6.45, 7) is 3.27. The Hall–Kier alpha value is -3.34. The Kier molecular flexibility index (Phi) is 7.22. The number of hydrogen-bond donors (Lipinski definition) is 1. The van der Waals surface area contributed by atoms with E-state index in [1.54, 1.807) is 42.5 Å². The van der Waals surface area contributed by atoms with Gasteiger partial charge in [-0.2, -0.15) is 0 Å². The van der Waals surface area contributed by atoms with Crippen LogP contribution in [0.3, 0.4) is 0 Å². The van der Waals surface area contributed by atoms with E-state index in [0.717, 1.165) is 17.7 Å². The quantitative estimate of drug-likeness (QED) is 0.549. The van der Waals surface area contributed by atoms with Gasteiger partial charge in [0.15, 0.2) is 0 Å². The average molecular weight is 393 g/mol. The first-order valence-corrected chi connectivity index (χ1v) is 9.62. The second-order valence-corrected chi connectivity index (χ2v) is 6.58. The highest BCUT2D eigenvalue weighted by Gasteiger charge is 2.06. The Morgan fingerprint density at radius 3 is 2.24 bits per heavy atom. The first-order chi connectivity index (χ1) is 14.2. The molecule has 0 aromatic heterocycles. The summed E-state index contributed by atoms with van der Waals surface area (Å²) >= 11 is 0. The zero-order valence-electron chi connectivity index (χ0n) is 16.4. The van der Waals surface area contributed by atoms with E-state index in [1.807, 2.05) is 31.2 Å². The first-order valence-electron chi connectivity index (χ1n) is 9.62. The van der Waals surface area contributed by atoms with Crippen LogP contribution in [0.2, 0.25) is 0 Å². The third kappa shape index (κ3) is 6.07. The smallest absolute Gasteiger partial charge is 0.251 e. The molecule has 4 nitrogen and oxygen atoms in total. The molecule has 0 heterocycles. The van der Waals surface area contributed by atoms with Crippen molar-refractivity contribution in [1.82, 2.24) is 5.32 Å². The van der Waals surface area contributed by atoms with E-state index in [9.17, 15) is 9.18 Å². The van der Waals surface area contributed by atoms with Crippen molar-refractivity contribution in [2.75, 3.05) is 6.61 Å². The number of benzene rings is 3. The largest absolute Gasteiger partial charge is 0.494 e. The zero-order valence-corrected chi connectivity index (χ0v) is 16.4. The number of amides is 1. The summed E-state index contributed by atoms with van der Waals surface area (Å²) in [7, 11) is 0. The van der Waals surface area contributed by atoms with Crippen molar-refractivity contribution in [1.29, 1.82) is 0 Å². The van der Waals surface area contributed by atoms with Crippen molar-refractivity contribution in [3.8, 4) is 11.5 Å². The summed E-state index contributed by atoms with van der Waals surface area (Å²) in [5.41, 5.74) is 2.04. The Labute approximate surface area is 170 Å². The summed E-state index contributed by atoms with van der Waals surface area (Å²) in [4.78, 5) is 12.3. The lowest BCUT2D eigenvalue weighted by molar-refractivity contribution is 0.0951. The molecule has 150 valence electrons.